The van der Waals surface area contributed by atoms with Gasteiger partial charge in [0.05, 0.1) is 10.7 Å². The van der Waals surface area contributed by atoms with E-state index in [1.807, 2.05) is 5.38 Å². The van der Waals surface area contributed by atoms with Crippen molar-refractivity contribution in [2.45, 2.75) is 26.2 Å². The number of rotatable bonds is 1. The lowest BCUT2D eigenvalue weighted by atomic mass is 9.95. The minimum absolute atomic E-state index is 0.0198. The quantitative estimate of drug-likeness (QED) is 0.712. The Morgan fingerprint density at radius 3 is 2.50 bits per heavy atom. The second kappa shape index (κ2) is 5.08. The van der Waals surface area contributed by atoms with Gasteiger partial charge < -0.3 is 4.42 Å². The summed E-state index contributed by atoms with van der Waals surface area (Å²) in [7, 11) is 0. The lowest BCUT2D eigenvalue weighted by Crippen LogP contribution is -2.10. The summed E-state index contributed by atoms with van der Waals surface area (Å²) in [6.45, 7) is 6.28. The van der Waals surface area contributed by atoms with Crippen molar-refractivity contribution in [2.75, 3.05) is 0 Å². The molecule has 0 aliphatic carbocycles. The van der Waals surface area contributed by atoms with Crippen molar-refractivity contribution in [1.82, 2.24) is 0 Å². The summed E-state index contributed by atoms with van der Waals surface area (Å²) >= 11 is 13.4. The van der Waals surface area contributed by atoms with Crippen LogP contribution < -0.4 is 4.87 Å². The fourth-order valence-electron chi connectivity index (χ4n) is 1.30. The largest absolute Gasteiger partial charge is 0.434 e. The zero-order valence-electron chi connectivity index (χ0n) is 10.3. The summed E-state index contributed by atoms with van der Waals surface area (Å²) in [5.74, 6) is 0.913. The molecule has 0 aliphatic heterocycles. The number of nitrogens with zero attached hydrogens (tertiary/aromatic N) is 1. The summed E-state index contributed by atoms with van der Waals surface area (Å²) in [6.07, 6.45) is 0. The van der Waals surface area contributed by atoms with Gasteiger partial charge in [-0.3, -0.25) is 0 Å². The van der Waals surface area contributed by atoms with E-state index in [1.54, 1.807) is 18.2 Å². The van der Waals surface area contributed by atoms with E-state index in [9.17, 15) is 0 Å². The Kier molecular flexibility index (Phi) is 3.85. The van der Waals surface area contributed by atoms with Gasteiger partial charge in [0.25, 0.3) is 4.87 Å². The van der Waals surface area contributed by atoms with Gasteiger partial charge in [-0.25, -0.2) is 4.99 Å². The number of benzene rings is 1. The second-order valence-electron chi connectivity index (χ2n) is 4.93. The van der Waals surface area contributed by atoms with Crippen molar-refractivity contribution in [3.05, 3.63) is 44.3 Å². The first-order valence-corrected chi connectivity index (χ1v) is 7.09. The molecule has 96 valence electrons. The molecule has 18 heavy (non-hydrogen) atoms. The van der Waals surface area contributed by atoms with Gasteiger partial charge in [-0.15, -0.1) is 0 Å². The minimum atomic E-state index is -0.0198. The molecule has 1 aromatic heterocycles. The highest BCUT2D eigenvalue weighted by Crippen LogP contribution is 2.28. The van der Waals surface area contributed by atoms with Crippen molar-refractivity contribution < 1.29 is 4.42 Å². The van der Waals surface area contributed by atoms with Crippen molar-refractivity contribution in [3.8, 4) is 0 Å². The summed E-state index contributed by atoms with van der Waals surface area (Å²) in [5.41, 5.74) is 0.640. The third-order valence-corrected chi connectivity index (χ3v) is 3.57. The summed E-state index contributed by atoms with van der Waals surface area (Å²) in [4.78, 5) is 4.96. The van der Waals surface area contributed by atoms with E-state index in [0.717, 1.165) is 5.76 Å². The molecule has 5 heteroatoms. The van der Waals surface area contributed by atoms with E-state index in [4.69, 9.17) is 27.6 Å². The Morgan fingerprint density at radius 2 is 1.94 bits per heavy atom. The Labute approximate surface area is 120 Å². The predicted octanol–water partition coefficient (Wildman–Crippen LogP) is 5.18. The lowest BCUT2D eigenvalue weighted by molar-refractivity contribution is 0.388. The lowest BCUT2D eigenvalue weighted by Gasteiger charge is -2.12. The highest BCUT2D eigenvalue weighted by molar-refractivity contribution is 7.07. The molecule has 0 amide bonds. The first-order chi connectivity index (χ1) is 8.36. The average molecular weight is 302 g/mol. The summed E-state index contributed by atoms with van der Waals surface area (Å²) in [5, 5.41) is 3.09. The fraction of sp³-hybridized carbons (Fsp3) is 0.308. The SMILES string of the molecule is CC(C)(C)c1csc(=Nc2ccc(Cl)cc2Cl)o1. The van der Waals surface area contributed by atoms with Gasteiger partial charge in [0, 0.05) is 15.8 Å². The van der Waals surface area contributed by atoms with Gasteiger partial charge in [0.2, 0.25) is 0 Å². The summed E-state index contributed by atoms with van der Waals surface area (Å²) < 4.78 is 5.70. The Balaban J connectivity index is 2.42. The fourth-order valence-corrected chi connectivity index (χ4v) is 2.64. The third-order valence-electron chi connectivity index (χ3n) is 2.32. The van der Waals surface area contributed by atoms with Gasteiger partial charge in [-0.05, 0) is 18.2 Å². The molecule has 1 heterocycles. The van der Waals surface area contributed by atoms with E-state index >= 15 is 0 Å². The van der Waals surface area contributed by atoms with Crippen LogP contribution in [0.5, 0.6) is 0 Å². The third kappa shape index (κ3) is 3.16. The van der Waals surface area contributed by atoms with Crippen LogP contribution in [-0.2, 0) is 5.41 Å². The van der Waals surface area contributed by atoms with Crippen molar-refractivity contribution in [3.63, 3.8) is 0 Å². The topological polar surface area (TPSA) is 25.5 Å². The molecule has 0 N–H and O–H groups in total. The Morgan fingerprint density at radius 1 is 1.22 bits per heavy atom. The number of hydrogen-bond acceptors (Lipinski definition) is 3. The van der Waals surface area contributed by atoms with Gasteiger partial charge in [0.1, 0.15) is 5.76 Å². The molecule has 0 radical (unpaired) electrons. The zero-order chi connectivity index (χ0) is 13.3. The van der Waals surface area contributed by atoms with Crippen LogP contribution in [0.15, 0.2) is 33.0 Å². The van der Waals surface area contributed by atoms with Crippen molar-refractivity contribution in [1.29, 1.82) is 0 Å². The van der Waals surface area contributed by atoms with Crippen molar-refractivity contribution >= 4 is 40.2 Å². The molecule has 0 saturated heterocycles. The average Bonchev–Trinajstić information content (AvgIpc) is 2.70. The Hall–Kier alpha value is -0.770. The maximum atomic E-state index is 6.06. The molecule has 2 nitrogen and oxygen atoms in total. The first-order valence-electron chi connectivity index (χ1n) is 5.45. The highest BCUT2D eigenvalue weighted by atomic mass is 35.5. The summed E-state index contributed by atoms with van der Waals surface area (Å²) in [6, 6.07) is 5.20. The van der Waals surface area contributed by atoms with E-state index in [1.165, 1.54) is 11.3 Å². The van der Waals surface area contributed by atoms with Gasteiger partial charge in [0.15, 0.2) is 0 Å². The van der Waals surface area contributed by atoms with Crippen LogP contribution in [0.4, 0.5) is 5.69 Å². The molecule has 2 rings (SSSR count). The van der Waals surface area contributed by atoms with E-state index in [0.29, 0.717) is 20.6 Å². The molecule has 1 aromatic carbocycles. The van der Waals surface area contributed by atoms with Crippen LogP contribution in [-0.4, -0.2) is 0 Å². The maximum absolute atomic E-state index is 6.06. The monoisotopic (exact) mass is 301 g/mol. The van der Waals surface area contributed by atoms with E-state index in [2.05, 4.69) is 25.8 Å². The molecule has 2 aromatic rings. The van der Waals surface area contributed by atoms with Crippen LogP contribution in [0.1, 0.15) is 26.5 Å². The molecule has 0 aliphatic rings. The highest BCUT2D eigenvalue weighted by Gasteiger charge is 2.17. The zero-order valence-corrected chi connectivity index (χ0v) is 12.7. The molecule has 0 bridgehead atoms. The van der Waals surface area contributed by atoms with Gasteiger partial charge in [-0.2, -0.15) is 0 Å². The molecular weight excluding hydrogens is 289 g/mol. The minimum Gasteiger partial charge on any atom is -0.434 e. The van der Waals surface area contributed by atoms with E-state index in [-0.39, 0.29) is 5.41 Å². The van der Waals surface area contributed by atoms with Crippen LogP contribution in [0.3, 0.4) is 0 Å². The second-order valence-corrected chi connectivity index (χ2v) is 6.59. The molecule has 0 unspecified atom stereocenters. The smallest absolute Gasteiger partial charge is 0.279 e. The standard InChI is InChI=1S/C13H13Cl2NOS/c1-13(2,3)11-7-18-12(17-11)16-10-5-4-8(14)6-9(10)15/h4-7H,1-3H3. The predicted molar refractivity (Wildman–Crippen MR) is 77.0 cm³/mol. The van der Waals surface area contributed by atoms with Crippen molar-refractivity contribution in [2.24, 2.45) is 4.99 Å². The van der Waals surface area contributed by atoms with Gasteiger partial charge >= 0.3 is 0 Å². The van der Waals surface area contributed by atoms with Crippen LogP contribution in [0.25, 0.3) is 0 Å². The van der Waals surface area contributed by atoms with Crippen LogP contribution >= 0.6 is 34.5 Å². The first kappa shape index (κ1) is 13.7. The van der Waals surface area contributed by atoms with E-state index < -0.39 is 0 Å². The molecule has 0 spiro atoms. The molecule has 0 fully saturated rings. The molecule has 0 saturated carbocycles. The number of hydrogen-bond donors (Lipinski definition) is 0. The van der Waals surface area contributed by atoms with Crippen LogP contribution in [0.2, 0.25) is 10.0 Å². The number of halogens is 2. The molecule has 0 atom stereocenters. The molecular formula is C13H13Cl2NOS. The Bertz CT molecular complexity index is 622. The normalized spacial score (nSPS) is 13.1. The van der Waals surface area contributed by atoms with Crippen LogP contribution in [0, 0.1) is 0 Å². The maximum Gasteiger partial charge on any atom is 0.279 e. The van der Waals surface area contributed by atoms with Gasteiger partial charge in [-0.1, -0.05) is 55.3 Å².